The van der Waals surface area contributed by atoms with Gasteiger partial charge in [0.1, 0.15) is 11.6 Å². The average molecular weight is 425 g/mol. The second-order valence-corrected chi connectivity index (χ2v) is 7.64. The molecular weight excluding hydrogens is 400 g/mol. The summed E-state index contributed by atoms with van der Waals surface area (Å²) in [7, 11) is 1.68. The molecule has 0 amide bonds. The van der Waals surface area contributed by atoms with Crippen LogP contribution in [0.3, 0.4) is 0 Å². The quantitative estimate of drug-likeness (QED) is 0.401. The third-order valence-corrected chi connectivity index (χ3v) is 5.35. The minimum atomic E-state index is 0.659. The standard InChI is InChI=1S/C25H24N6O/c1-32-22-5-2-4-21(14-22)15-27-25-23-18-31(29-24(23)10-12-26-25)17-20-8-6-19(7-9-20)16-30-13-3-11-28-30/h2-14,18H,15-17H2,1H3,(H,26,27). The van der Waals surface area contributed by atoms with Gasteiger partial charge >= 0.3 is 0 Å². The third-order valence-electron chi connectivity index (χ3n) is 5.35. The summed E-state index contributed by atoms with van der Waals surface area (Å²) < 4.78 is 9.19. The summed E-state index contributed by atoms with van der Waals surface area (Å²) in [6.45, 7) is 2.13. The highest BCUT2D eigenvalue weighted by Crippen LogP contribution is 2.22. The van der Waals surface area contributed by atoms with Crippen molar-refractivity contribution in [3.63, 3.8) is 0 Å². The molecule has 7 nitrogen and oxygen atoms in total. The van der Waals surface area contributed by atoms with Crippen molar-refractivity contribution >= 4 is 16.7 Å². The van der Waals surface area contributed by atoms with Crippen molar-refractivity contribution in [3.8, 4) is 5.75 Å². The topological polar surface area (TPSA) is 69.8 Å². The van der Waals surface area contributed by atoms with Crippen LogP contribution in [0.25, 0.3) is 10.9 Å². The molecule has 160 valence electrons. The highest BCUT2D eigenvalue weighted by Gasteiger charge is 2.08. The van der Waals surface area contributed by atoms with Crippen molar-refractivity contribution in [3.05, 3.63) is 102 Å². The number of pyridine rings is 1. The lowest BCUT2D eigenvalue weighted by Crippen LogP contribution is -2.02. The number of hydrogen-bond acceptors (Lipinski definition) is 5. The maximum Gasteiger partial charge on any atom is 0.137 e. The molecule has 0 atom stereocenters. The van der Waals surface area contributed by atoms with Gasteiger partial charge in [0.05, 0.1) is 31.1 Å². The Morgan fingerprint density at radius 2 is 1.69 bits per heavy atom. The number of anilines is 1. The molecule has 5 aromatic rings. The van der Waals surface area contributed by atoms with Crippen LogP contribution in [0, 0.1) is 0 Å². The van der Waals surface area contributed by atoms with E-state index in [0.717, 1.165) is 34.6 Å². The zero-order valence-electron chi connectivity index (χ0n) is 17.8. The fourth-order valence-corrected chi connectivity index (χ4v) is 3.70. The molecule has 0 saturated carbocycles. The lowest BCUT2D eigenvalue weighted by atomic mass is 10.1. The van der Waals surface area contributed by atoms with Crippen molar-refractivity contribution in [2.24, 2.45) is 0 Å². The molecule has 0 unspecified atom stereocenters. The van der Waals surface area contributed by atoms with E-state index in [0.29, 0.717) is 13.1 Å². The van der Waals surface area contributed by atoms with E-state index in [2.05, 4.69) is 45.7 Å². The smallest absolute Gasteiger partial charge is 0.137 e. The summed E-state index contributed by atoms with van der Waals surface area (Å²) in [6, 6.07) is 20.5. The minimum Gasteiger partial charge on any atom is -0.497 e. The Labute approximate surface area is 186 Å². The van der Waals surface area contributed by atoms with Crippen molar-refractivity contribution in [1.29, 1.82) is 0 Å². The van der Waals surface area contributed by atoms with Gasteiger partial charge in [0.15, 0.2) is 0 Å². The first-order valence-corrected chi connectivity index (χ1v) is 10.5. The maximum atomic E-state index is 5.31. The van der Waals surface area contributed by atoms with Crippen LogP contribution in [-0.4, -0.2) is 31.7 Å². The monoisotopic (exact) mass is 424 g/mol. The van der Waals surface area contributed by atoms with Crippen molar-refractivity contribution in [1.82, 2.24) is 24.5 Å². The number of methoxy groups -OCH3 is 1. The molecule has 7 heteroatoms. The number of nitrogens with one attached hydrogen (secondary N) is 1. The van der Waals surface area contributed by atoms with Crippen LogP contribution >= 0.6 is 0 Å². The fourth-order valence-electron chi connectivity index (χ4n) is 3.70. The summed E-state index contributed by atoms with van der Waals surface area (Å²) >= 11 is 0. The van der Waals surface area contributed by atoms with Gasteiger partial charge in [-0.25, -0.2) is 4.98 Å². The molecule has 1 N–H and O–H groups in total. The van der Waals surface area contributed by atoms with Crippen LogP contribution in [0.4, 0.5) is 5.82 Å². The zero-order chi connectivity index (χ0) is 21.8. The van der Waals surface area contributed by atoms with Gasteiger partial charge in [0.25, 0.3) is 0 Å². The Balaban J connectivity index is 1.29. The number of rotatable bonds is 8. The number of hydrogen-bond donors (Lipinski definition) is 1. The van der Waals surface area contributed by atoms with E-state index >= 15 is 0 Å². The van der Waals surface area contributed by atoms with Gasteiger partial charge in [0.2, 0.25) is 0 Å². The van der Waals surface area contributed by atoms with E-state index in [1.165, 1.54) is 11.1 Å². The van der Waals surface area contributed by atoms with Crippen molar-refractivity contribution in [2.45, 2.75) is 19.6 Å². The predicted octanol–water partition coefficient (Wildman–Crippen LogP) is 4.35. The van der Waals surface area contributed by atoms with Crippen LogP contribution in [0.2, 0.25) is 0 Å². The Kier molecular flexibility index (Phi) is 5.53. The van der Waals surface area contributed by atoms with Gasteiger partial charge in [0, 0.05) is 31.3 Å². The van der Waals surface area contributed by atoms with E-state index in [4.69, 9.17) is 9.84 Å². The number of benzene rings is 2. The Morgan fingerprint density at radius 3 is 2.44 bits per heavy atom. The zero-order valence-corrected chi connectivity index (χ0v) is 17.8. The van der Waals surface area contributed by atoms with E-state index in [1.807, 2.05) is 52.1 Å². The highest BCUT2D eigenvalue weighted by molar-refractivity contribution is 5.88. The molecule has 3 heterocycles. The second kappa shape index (κ2) is 8.93. The number of aromatic nitrogens is 5. The maximum absolute atomic E-state index is 5.31. The molecule has 0 aliphatic heterocycles. The lowest BCUT2D eigenvalue weighted by molar-refractivity contribution is 0.414. The SMILES string of the molecule is COc1cccc(CNc2nccc3nn(Cc4ccc(Cn5cccn5)cc4)cc23)c1. The predicted molar refractivity (Wildman–Crippen MR) is 125 cm³/mol. The molecule has 0 aliphatic carbocycles. The van der Waals surface area contributed by atoms with Crippen LogP contribution < -0.4 is 10.1 Å². The van der Waals surface area contributed by atoms with Crippen LogP contribution in [0.5, 0.6) is 5.75 Å². The molecule has 0 aliphatic rings. The van der Waals surface area contributed by atoms with E-state index in [1.54, 1.807) is 19.5 Å². The molecule has 3 aromatic heterocycles. The minimum absolute atomic E-state index is 0.659. The number of fused-ring (bicyclic) bond motifs is 1. The van der Waals surface area contributed by atoms with Crippen LogP contribution in [0.15, 0.2) is 85.5 Å². The van der Waals surface area contributed by atoms with Gasteiger partial charge in [-0.3, -0.25) is 9.36 Å². The molecule has 5 rings (SSSR count). The molecule has 0 spiro atoms. The van der Waals surface area contributed by atoms with Gasteiger partial charge in [-0.1, -0.05) is 36.4 Å². The van der Waals surface area contributed by atoms with E-state index in [-0.39, 0.29) is 0 Å². The third kappa shape index (κ3) is 4.46. The number of nitrogens with zero attached hydrogens (tertiary/aromatic N) is 5. The molecule has 2 aromatic carbocycles. The number of ether oxygens (including phenoxy) is 1. The summed E-state index contributed by atoms with van der Waals surface area (Å²) in [6.07, 6.45) is 7.61. The van der Waals surface area contributed by atoms with Crippen molar-refractivity contribution < 1.29 is 4.74 Å². The first-order chi connectivity index (χ1) is 15.8. The van der Waals surface area contributed by atoms with E-state index in [9.17, 15) is 0 Å². The van der Waals surface area contributed by atoms with Crippen molar-refractivity contribution in [2.75, 3.05) is 12.4 Å². The molecule has 0 fully saturated rings. The summed E-state index contributed by atoms with van der Waals surface area (Å²) in [5.41, 5.74) is 4.46. The lowest BCUT2D eigenvalue weighted by Gasteiger charge is -2.07. The summed E-state index contributed by atoms with van der Waals surface area (Å²) in [5.74, 6) is 1.67. The van der Waals surface area contributed by atoms with E-state index < -0.39 is 0 Å². The molecule has 0 radical (unpaired) electrons. The molecular formula is C25H24N6O. The largest absolute Gasteiger partial charge is 0.497 e. The van der Waals surface area contributed by atoms with Crippen LogP contribution in [-0.2, 0) is 19.6 Å². The van der Waals surface area contributed by atoms with Gasteiger partial charge < -0.3 is 10.1 Å². The average Bonchev–Trinajstić information content (AvgIpc) is 3.49. The Bertz CT molecular complexity index is 1310. The molecule has 0 bridgehead atoms. The Morgan fingerprint density at radius 1 is 0.875 bits per heavy atom. The van der Waals surface area contributed by atoms with Gasteiger partial charge in [-0.05, 0) is 41.0 Å². The van der Waals surface area contributed by atoms with Gasteiger partial charge in [-0.2, -0.15) is 10.2 Å². The molecule has 32 heavy (non-hydrogen) atoms. The van der Waals surface area contributed by atoms with Crippen LogP contribution in [0.1, 0.15) is 16.7 Å². The second-order valence-electron chi connectivity index (χ2n) is 7.64. The Hall–Kier alpha value is -4.13. The first-order valence-electron chi connectivity index (χ1n) is 10.5. The van der Waals surface area contributed by atoms with Gasteiger partial charge in [-0.15, -0.1) is 0 Å². The molecule has 0 saturated heterocycles. The normalized spacial score (nSPS) is 11.0. The first kappa shape index (κ1) is 19.8. The highest BCUT2D eigenvalue weighted by atomic mass is 16.5. The summed E-state index contributed by atoms with van der Waals surface area (Å²) in [5, 5.41) is 13.4. The summed E-state index contributed by atoms with van der Waals surface area (Å²) in [4.78, 5) is 4.53. The fraction of sp³-hybridized carbons (Fsp3) is 0.160.